The highest BCUT2D eigenvalue weighted by atomic mass is 16.5. The molecule has 1 aliphatic rings. The highest BCUT2D eigenvalue weighted by Gasteiger charge is 2.13. The third-order valence-corrected chi connectivity index (χ3v) is 2.46. The molecule has 0 fully saturated rings. The van der Waals surface area contributed by atoms with E-state index in [1.54, 1.807) is 7.11 Å². The number of allylic oxidation sites excluding steroid dienone is 1. The molecule has 0 spiro atoms. The Morgan fingerprint density at radius 2 is 2.42 bits per heavy atom. The first-order chi connectivity index (χ1) is 5.88. The van der Waals surface area contributed by atoms with Crippen LogP contribution in [0.15, 0.2) is 11.6 Å². The first-order valence-corrected chi connectivity index (χ1v) is 4.73. The van der Waals surface area contributed by atoms with E-state index in [0.717, 1.165) is 6.61 Å². The third-order valence-electron chi connectivity index (χ3n) is 2.46. The molecular weight excluding hydrogens is 150 g/mol. The molecule has 1 atom stereocenters. The average Bonchev–Trinajstić information content (AvgIpc) is 2.15. The normalized spacial score (nSPS) is 20.3. The van der Waals surface area contributed by atoms with E-state index in [1.165, 1.54) is 31.3 Å². The summed E-state index contributed by atoms with van der Waals surface area (Å²) in [5, 5.41) is 3.28. The molecule has 1 unspecified atom stereocenters. The number of rotatable bonds is 4. The predicted molar refractivity (Wildman–Crippen MR) is 51.3 cm³/mol. The maximum absolute atomic E-state index is 5.14. The molecule has 12 heavy (non-hydrogen) atoms. The van der Waals surface area contributed by atoms with Crippen molar-refractivity contribution in [3.8, 4) is 0 Å². The van der Waals surface area contributed by atoms with Crippen molar-refractivity contribution in [1.29, 1.82) is 0 Å². The summed E-state index contributed by atoms with van der Waals surface area (Å²) in [5.74, 6) is 0. The van der Waals surface area contributed by atoms with Crippen molar-refractivity contribution in [2.24, 2.45) is 0 Å². The van der Waals surface area contributed by atoms with Crippen LogP contribution in [0.5, 0.6) is 0 Å². The van der Waals surface area contributed by atoms with Crippen molar-refractivity contribution in [3.05, 3.63) is 11.6 Å². The molecule has 0 heterocycles. The zero-order valence-corrected chi connectivity index (χ0v) is 8.10. The van der Waals surface area contributed by atoms with E-state index in [0.29, 0.717) is 6.04 Å². The second kappa shape index (κ2) is 5.33. The summed E-state index contributed by atoms with van der Waals surface area (Å²) < 4.78 is 5.14. The molecule has 2 nitrogen and oxygen atoms in total. The molecule has 0 saturated heterocycles. The van der Waals surface area contributed by atoms with Gasteiger partial charge in [0.15, 0.2) is 0 Å². The fourth-order valence-electron chi connectivity index (χ4n) is 1.72. The summed E-state index contributed by atoms with van der Waals surface area (Å²) >= 11 is 0. The molecule has 1 rings (SSSR count). The lowest BCUT2D eigenvalue weighted by Crippen LogP contribution is -2.32. The molecule has 0 aromatic rings. The van der Waals surface area contributed by atoms with Gasteiger partial charge in [0.1, 0.15) is 0 Å². The van der Waals surface area contributed by atoms with E-state index in [2.05, 4.69) is 11.4 Å². The number of methoxy groups -OCH3 is 1. The number of hydrogen-bond acceptors (Lipinski definition) is 2. The van der Waals surface area contributed by atoms with Crippen molar-refractivity contribution in [3.63, 3.8) is 0 Å². The first-order valence-electron chi connectivity index (χ1n) is 4.73. The van der Waals surface area contributed by atoms with Crippen LogP contribution < -0.4 is 5.32 Å². The minimum absolute atomic E-state index is 0.440. The minimum atomic E-state index is 0.440. The zero-order chi connectivity index (χ0) is 8.81. The minimum Gasteiger partial charge on any atom is -0.383 e. The lowest BCUT2D eigenvalue weighted by atomic mass is 9.94. The van der Waals surface area contributed by atoms with Gasteiger partial charge in [0.2, 0.25) is 0 Å². The van der Waals surface area contributed by atoms with E-state index in [4.69, 9.17) is 4.74 Å². The molecule has 2 heteroatoms. The summed E-state index contributed by atoms with van der Waals surface area (Å²) in [4.78, 5) is 0. The highest BCUT2D eigenvalue weighted by molar-refractivity contribution is 5.13. The summed E-state index contributed by atoms with van der Waals surface area (Å²) in [7, 11) is 3.76. The van der Waals surface area contributed by atoms with E-state index < -0.39 is 0 Å². The standard InChI is InChI=1S/C10H19NO/c1-11-10(8-12-2)9-6-4-3-5-7-9/h6,10-11H,3-5,7-8H2,1-2H3. The van der Waals surface area contributed by atoms with Crippen LogP contribution in [0.2, 0.25) is 0 Å². The Morgan fingerprint density at radius 3 is 2.92 bits per heavy atom. The fourth-order valence-corrected chi connectivity index (χ4v) is 1.72. The summed E-state index contributed by atoms with van der Waals surface area (Å²) in [5.41, 5.74) is 1.53. The smallest absolute Gasteiger partial charge is 0.0654 e. The van der Waals surface area contributed by atoms with Crippen LogP contribution in [0.25, 0.3) is 0 Å². The number of ether oxygens (including phenoxy) is 1. The predicted octanol–water partition coefficient (Wildman–Crippen LogP) is 1.72. The van der Waals surface area contributed by atoms with Gasteiger partial charge in [-0.2, -0.15) is 0 Å². The van der Waals surface area contributed by atoms with Gasteiger partial charge in [-0.25, -0.2) is 0 Å². The first kappa shape index (κ1) is 9.75. The van der Waals surface area contributed by atoms with Crippen molar-refractivity contribution in [2.45, 2.75) is 31.7 Å². The molecule has 70 valence electrons. The van der Waals surface area contributed by atoms with Crippen LogP contribution in [0.3, 0.4) is 0 Å². The lowest BCUT2D eigenvalue weighted by molar-refractivity contribution is 0.178. The van der Waals surface area contributed by atoms with Gasteiger partial charge in [0, 0.05) is 7.11 Å². The number of likely N-dealkylation sites (N-methyl/N-ethyl adjacent to an activating group) is 1. The summed E-state index contributed by atoms with van der Waals surface area (Å²) in [6.45, 7) is 0.794. The SMILES string of the molecule is CNC(COC)C1=CCCCC1. The summed E-state index contributed by atoms with van der Waals surface area (Å²) in [6.07, 6.45) is 7.55. The van der Waals surface area contributed by atoms with Gasteiger partial charge < -0.3 is 10.1 Å². The van der Waals surface area contributed by atoms with E-state index in [-0.39, 0.29) is 0 Å². The van der Waals surface area contributed by atoms with Gasteiger partial charge in [-0.05, 0) is 32.7 Å². The molecule has 1 N–H and O–H groups in total. The Hall–Kier alpha value is -0.340. The lowest BCUT2D eigenvalue weighted by Gasteiger charge is -2.21. The molecule has 0 amide bonds. The fraction of sp³-hybridized carbons (Fsp3) is 0.800. The highest BCUT2D eigenvalue weighted by Crippen LogP contribution is 2.20. The van der Waals surface area contributed by atoms with Crippen LogP contribution >= 0.6 is 0 Å². The molecule has 0 aliphatic heterocycles. The maximum atomic E-state index is 5.14. The molecule has 0 aromatic carbocycles. The second-order valence-corrected chi connectivity index (χ2v) is 3.32. The largest absolute Gasteiger partial charge is 0.383 e. The number of nitrogens with one attached hydrogen (secondary N) is 1. The van der Waals surface area contributed by atoms with Gasteiger partial charge in [-0.15, -0.1) is 0 Å². The zero-order valence-electron chi connectivity index (χ0n) is 8.10. The molecule has 1 aliphatic carbocycles. The Balaban J connectivity index is 2.45. The van der Waals surface area contributed by atoms with Crippen molar-refractivity contribution in [2.75, 3.05) is 20.8 Å². The quantitative estimate of drug-likeness (QED) is 0.647. The Morgan fingerprint density at radius 1 is 1.58 bits per heavy atom. The Kier molecular flexibility index (Phi) is 4.33. The molecular formula is C10H19NO. The van der Waals surface area contributed by atoms with Crippen LogP contribution in [0.1, 0.15) is 25.7 Å². The molecule has 0 bridgehead atoms. The molecule has 0 aromatic heterocycles. The van der Waals surface area contributed by atoms with Crippen molar-refractivity contribution in [1.82, 2.24) is 5.32 Å². The second-order valence-electron chi connectivity index (χ2n) is 3.32. The van der Waals surface area contributed by atoms with Gasteiger partial charge in [-0.3, -0.25) is 0 Å². The van der Waals surface area contributed by atoms with Gasteiger partial charge >= 0.3 is 0 Å². The van der Waals surface area contributed by atoms with E-state index in [1.807, 2.05) is 7.05 Å². The Bertz CT molecular complexity index is 154. The number of hydrogen-bond donors (Lipinski definition) is 1. The Labute approximate surface area is 75.0 Å². The van der Waals surface area contributed by atoms with Crippen LogP contribution in [0.4, 0.5) is 0 Å². The van der Waals surface area contributed by atoms with Crippen molar-refractivity contribution < 1.29 is 4.74 Å². The van der Waals surface area contributed by atoms with E-state index in [9.17, 15) is 0 Å². The van der Waals surface area contributed by atoms with Crippen LogP contribution in [-0.2, 0) is 4.74 Å². The third kappa shape index (κ3) is 2.61. The van der Waals surface area contributed by atoms with Crippen LogP contribution in [-0.4, -0.2) is 26.8 Å². The molecule has 0 radical (unpaired) electrons. The van der Waals surface area contributed by atoms with Crippen LogP contribution in [0, 0.1) is 0 Å². The van der Waals surface area contributed by atoms with Gasteiger partial charge in [0.05, 0.1) is 12.6 Å². The van der Waals surface area contributed by atoms with Crippen molar-refractivity contribution >= 4 is 0 Å². The summed E-state index contributed by atoms with van der Waals surface area (Å²) in [6, 6.07) is 0.440. The maximum Gasteiger partial charge on any atom is 0.0654 e. The molecule has 0 saturated carbocycles. The van der Waals surface area contributed by atoms with Gasteiger partial charge in [-0.1, -0.05) is 11.6 Å². The monoisotopic (exact) mass is 169 g/mol. The van der Waals surface area contributed by atoms with E-state index >= 15 is 0 Å². The van der Waals surface area contributed by atoms with Gasteiger partial charge in [0.25, 0.3) is 0 Å². The average molecular weight is 169 g/mol. The topological polar surface area (TPSA) is 21.3 Å².